The molecule has 2 aromatic carbocycles. The number of hydrogen-bond donors (Lipinski definition) is 2. The van der Waals surface area contributed by atoms with Gasteiger partial charge in [0.25, 0.3) is 0 Å². The molecule has 2 rings (SSSR count). The number of thioether (sulfide) groups is 1. The molecule has 0 spiro atoms. The number of halogens is 1. The van der Waals surface area contributed by atoms with Gasteiger partial charge in [-0.05, 0) is 41.6 Å². The summed E-state index contributed by atoms with van der Waals surface area (Å²) >= 11 is 1.72. The van der Waals surface area contributed by atoms with E-state index in [4.69, 9.17) is 0 Å². The van der Waals surface area contributed by atoms with E-state index in [1.54, 1.807) is 24.9 Å². The third-order valence-electron chi connectivity index (χ3n) is 3.61. The van der Waals surface area contributed by atoms with E-state index in [9.17, 15) is 9.50 Å². The fourth-order valence-electron chi connectivity index (χ4n) is 2.31. The molecular weight excluding hydrogens is 325 g/mol. The molecule has 0 bridgehead atoms. The van der Waals surface area contributed by atoms with Crippen LogP contribution in [0.25, 0.3) is 0 Å². The van der Waals surface area contributed by atoms with Gasteiger partial charge in [0.05, 0.1) is 0 Å². The van der Waals surface area contributed by atoms with Gasteiger partial charge in [-0.2, -0.15) is 0 Å². The van der Waals surface area contributed by atoms with Crippen molar-refractivity contribution >= 4 is 17.7 Å². The summed E-state index contributed by atoms with van der Waals surface area (Å²) in [5.41, 5.74) is 1.93. The molecule has 0 heterocycles. The second-order valence-corrected chi connectivity index (χ2v) is 6.27. The van der Waals surface area contributed by atoms with Crippen molar-refractivity contribution in [2.45, 2.75) is 18.0 Å². The molecule has 0 unspecified atom stereocenters. The molecule has 0 aliphatic carbocycles. The van der Waals surface area contributed by atoms with Gasteiger partial charge in [-0.3, -0.25) is 4.99 Å². The van der Waals surface area contributed by atoms with Crippen molar-refractivity contribution in [2.24, 2.45) is 4.99 Å². The van der Waals surface area contributed by atoms with Crippen molar-refractivity contribution in [3.05, 3.63) is 59.4 Å². The summed E-state index contributed by atoms with van der Waals surface area (Å²) in [5.74, 6) is -0.238. The van der Waals surface area contributed by atoms with Crippen LogP contribution in [0, 0.1) is 5.82 Å². The van der Waals surface area contributed by atoms with Gasteiger partial charge in [0.15, 0.2) is 17.5 Å². The van der Waals surface area contributed by atoms with Gasteiger partial charge in [-0.25, -0.2) is 4.39 Å². The van der Waals surface area contributed by atoms with Crippen molar-refractivity contribution in [1.29, 1.82) is 0 Å². The Morgan fingerprint density at radius 3 is 2.46 bits per heavy atom. The molecular formula is C18H22FN3OS. The summed E-state index contributed by atoms with van der Waals surface area (Å²) in [7, 11) is 3.67. The molecule has 0 atom stereocenters. The standard InChI is InChI=1S/C18H22FN3OS/c1-20-18(21-11-14-6-9-17(23)16(19)10-14)22(2)12-13-4-7-15(24-3)8-5-13/h4-10,23H,11-12H2,1-3H3,(H,20,21). The molecule has 0 radical (unpaired) electrons. The Hall–Kier alpha value is -2.21. The molecule has 0 amide bonds. The molecule has 0 fully saturated rings. The van der Waals surface area contributed by atoms with Crippen LogP contribution in [0.5, 0.6) is 5.75 Å². The number of aromatic hydroxyl groups is 1. The van der Waals surface area contributed by atoms with Crippen LogP contribution >= 0.6 is 11.8 Å². The first kappa shape index (κ1) is 18.1. The molecule has 6 heteroatoms. The van der Waals surface area contributed by atoms with E-state index in [0.29, 0.717) is 6.54 Å². The number of aliphatic imine (C=N–C) groups is 1. The summed E-state index contributed by atoms with van der Waals surface area (Å²) in [4.78, 5) is 7.50. The van der Waals surface area contributed by atoms with Crippen LogP contribution in [0.2, 0.25) is 0 Å². The third-order valence-corrected chi connectivity index (χ3v) is 4.36. The van der Waals surface area contributed by atoms with E-state index in [0.717, 1.165) is 18.1 Å². The summed E-state index contributed by atoms with van der Waals surface area (Å²) in [6.45, 7) is 1.15. The SMILES string of the molecule is CN=C(NCc1ccc(O)c(F)c1)N(C)Cc1ccc(SC)cc1. The highest BCUT2D eigenvalue weighted by Crippen LogP contribution is 2.17. The van der Waals surface area contributed by atoms with Crippen LogP contribution in [0.15, 0.2) is 52.4 Å². The molecule has 2 N–H and O–H groups in total. The smallest absolute Gasteiger partial charge is 0.193 e. The number of phenols is 1. The quantitative estimate of drug-likeness (QED) is 0.494. The number of benzene rings is 2. The first-order chi connectivity index (χ1) is 11.5. The molecule has 0 saturated carbocycles. The zero-order chi connectivity index (χ0) is 17.5. The van der Waals surface area contributed by atoms with Gasteiger partial charge in [-0.15, -0.1) is 11.8 Å². The van der Waals surface area contributed by atoms with Crippen LogP contribution in [0.3, 0.4) is 0 Å². The van der Waals surface area contributed by atoms with Gasteiger partial charge in [0.2, 0.25) is 0 Å². The third kappa shape index (κ3) is 4.89. The lowest BCUT2D eigenvalue weighted by molar-refractivity contribution is 0.431. The molecule has 0 aliphatic rings. The number of rotatable bonds is 5. The monoisotopic (exact) mass is 347 g/mol. The Morgan fingerprint density at radius 2 is 1.88 bits per heavy atom. The number of hydrogen-bond acceptors (Lipinski definition) is 3. The first-order valence-electron chi connectivity index (χ1n) is 7.55. The Labute approximate surface area is 146 Å². The van der Waals surface area contributed by atoms with E-state index in [1.165, 1.54) is 22.6 Å². The maximum absolute atomic E-state index is 13.4. The Morgan fingerprint density at radius 1 is 1.21 bits per heavy atom. The van der Waals surface area contributed by atoms with Crippen LogP contribution in [0.4, 0.5) is 4.39 Å². The highest BCUT2D eigenvalue weighted by atomic mass is 32.2. The van der Waals surface area contributed by atoms with Crippen molar-refractivity contribution < 1.29 is 9.50 Å². The van der Waals surface area contributed by atoms with Crippen LogP contribution in [-0.4, -0.2) is 36.3 Å². The normalized spacial score (nSPS) is 11.4. The molecule has 2 aromatic rings. The van der Waals surface area contributed by atoms with E-state index >= 15 is 0 Å². The number of phenolic OH excluding ortho intramolecular Hbond substituents is 1. The minimum Gasteiger partial charge on any atom is -0.505 e. The average molecular weight is 347 g/mol. The van der Waals surface area contributed by atoms with E-state index in [-0.39, 0.29) is 5.75 Å². The van der Waals surface area contributed by atoms with Crippen LogP contribution in [0.1, 0.15) is 11.1 Å². The highest BCUT2D eigenvalue weighted by Gasteiger charge is 2.08. The summed E-state index contributed by atoms with van der Waals surface area (Å²) in [6.07, 6.45) is 2.05. The second kappa shape index (κ2) is 8.59. The minimum absolute atomic E-state index is 0.339. The fraction of sp³-hybridized carbons (Fsp3) is 0.278. The van der Waals surface area contributed by atoms with E-state index in [2.05, 4.69) is 40.8 Å². The molecule has 0 aliphatic heterocycles. The van der Waals surface area contributed by atoms with E-state index < -0.39 is 5.82 Å². The fourth-order valence-corrected chi connectivity index (χ4v) is 2.71. The van der Waals surface area contributed by atoms with E-state index in [1.807, 2.05) is 11.9 Å². The first-order valence-corrected chi connectivity index (χ1v) is 8.78. The molecule has 0 saturated heterocycles. The maximum Gasteiger partial charge on any atom is 0.193 e. The largest absolute Gasteiger partial charge is 0.505 e. The summed E-state index contributed by atoms with van der Waals surface area (Å²) < 4.78 is 13.4. The van der Waals surface area contributed by atoms with Crippen molar-refractivity contribution in [1.82, 2.24) is 10.2 Å². The second-order valence-electron chi connectivity index (χ2n) is 5.39. The topological polar surface area (TPSA) is 47.9 Å². The highest BCUT2D eigenvalue weighted by molar-refractivity contribution is 7.98. The summed E-state index contributed by atoms with van der Waals surface area (Å²) in [5, 5.41) is 12.4. The average Bonchev–Trinajstić information content (AvgIpc) is 2.59. The number of nitrogens with zero attached hydrogens (tertiary/aromatic N) is 2. The lowest BCUT2D eigenvalue weighted by Crippen LogP contribution is -2.38. The van der Waals surface area contributed by atoms with Gasteiger partial charge < -0.3 is 15.3 Å². The van der Waals surface area contributed by atoms with Gasteiger partial charge in [0.1, 0.15) is 0 Å². The Kier molecular flexibility index (Phi) is 6.49. The van der Waals surface area contributed by atoms with Gasteiger partial charge in [0, 0.05) is 32.1 Å². The number of guanidine groups is 1. The van der Waals surface area contributed by atoms with Crippen molar-refractivity contribution in [2.75, 3.05) is 20.4 Å². The molecule has 24 heavy (non-hydrogen) atoms. The lowest BCUT2D eigenvalue weighted by Gasteiger charge is -2.22. The zero-order valence-electron chi connectivity index (χ0n) is 14.1. The Balaban J connectivity index is 1.95. The summed E-state index contributed by atoms with van der Waals surface area (Å²) in [6, 6.07) is 12.8. The minimum atomic E-state index is -0.619. The maximum atomic E-state index is 13.4. The van der Waals surface area contributed by atoms with Crippen LogP contribution in [-0.2, 0) is 13.1 Å². The molecule has 128 valence electrons. The van der Waals surface area contributed by atoms with Gasteiger partial charge >= 0.3 is 0 Å². The predicted molar refractivity (Wildman–Crippen MR) is 98.0 cm³/mol. The van der Waals surface area contributed by atoms with Crippen molar-refractivity contribution in [3.63, 3.8) is 0 Å². The van der Waals surface area contributed by atoms with Crippen LogP contribution < -0.4 is 5.32 Å². The predicted octanol–water partition coefficient (Wildman–Crippen LogP) is 3.46. The van der Waals surface area contributed by atoms with Crippen molar-refractivity contribution in [3.8, 4) is 5.75 Å². The Bertz CT molecular complexity index is 704. The zero-order valence-corrected chi connectivity index (χ0v) is 14.9. The number of nitrogens with one attached hydrogen (secondary N) is 1. The molecule has 4 nitrogen and oxygen atoms in total. The lowest BCUT2D eigenvalue weighted by atomic mass is 10.2. The molecule has 0 aromatic heterocycles. The van der Waals surface area contributed by atoms with Gasteiger partial charge in [-0.1, -0.05) is 18.2 Å².